The van der Waals surface area contributed by atoms with Crippen molar-refractivity contribution in [2.24, 2.45) is 5.73 Å². The second kappa shape index (κ2) is 3.07. The van der Waals surface area contributed by atoms with Gasteiger partial charge < -0.3 is 11.1 Å². The standard InChI is InChI=1S/C5H10N2O/c1-3-5(8)7-4(2)6/h2-3,6H2,1H3,(H,7,8). The van der Waals surface area contributed by atoms with Crippen LogP contribution in [0.15, 0.2) is 12.4 Å². The molecule has 3 heteroatoms. The molecule has 0 aliphatic heterocycles. The Kier molecular flexibility index (Phi) is 2.69. The number of carbonyl (C=O) groups is 1. The SMILES string of the molecule is C=C(N)NC(=O)CC. The molecule has 0 rings (SSSR count). The molecule has 46 valence electrons. The molecule has 3 N–H and O–H groups in total. The van der Waals surface area contributed by atoms with Gasteiger partial charge in [-0.3, -0.25) is 4.79 Å². The van der Waals surface area contributed by atoms with Gasteiger partial charge in [-0.05, 0) is 0 Å². The van der Waals surface area contributed by atoms with Crippen LogP contribution in [0, 0.1) is 0 Å². The van der Waals surface area contributed by atoms with Crippen molar-refractivity contribution in [2.75, 3.05) is 0 Å². The summed E-state index contributed by atoms with van der Waals surface area (Å²) in [6.45, 7) is 5.04. The molecule has 3 nitrogen and oxygen atoms in total. The summed E-state index contributed by atoms with van der Waals surface area (Å²) in [6.07, 6.45) is 0.441. The highest BCUT2D eigenvalue weighted by Gasteiger charge is 1.92. The van der Waals surface area contributed by atoms with Crippen LogP contribution in [0.3, 0.4) is 0 Å². The van der Waals surface area contributed by atoms with Gasteiger partial charge in [0.05, 0.1) is 5.82 Å². The third-order valence-electron chi connectivity index (χ3n) is 0.621. The third kappa shape index (κ3) is 3.21. The van der Waals surface area contributed by atoms with Crippen molar-refractivity contribution in [1.29, 1.82) is 0 Å². The molecule has 0 radical (unpaired) electrons. The van der Waals surface area contributed by atoms with Gasteiger partial charge in [0.2, 0.25) is 5.91 Å². The molecule has 0 aromatic carbocycles. The van der Waals surface area contributed by atoms with Gasteiger partial charge in [-0.15, -0.1) is 0 Å². The van der Waals surface area contributed by atoms with Gasteiger partial charge >= 0.3 is 0 Å². The Bertz CT molecular complexity index is 109. The zero-order valence-corrected chi connectivity index (χ0v) is 4.90. The zero-order valence-electron chi connectivity index (χ0n) is 4.90. The van der Waals surface area contributed by atoms with Gasteiger partial charge in [-0.1, -0.05) is 13.5 Å². The van der Waals surface area contributed by atoms with E-state index >= 15 is 0 Å². The van der Waals surface area contributed by atoms with E-state index in [2.05, 4.69) is 11.9 Å². The average molecular weight is 114 g/mol. The quantitative estimate of drug-likeness (QED) is 0.528. The molecule has 0 saturated carbocycles. The Hall–Kier alpha value is -0.990. The van der Waals surface area contributed by atoms with E-state index in [4.69, 9.17) is 5.73 Å². The van der Waals surface area contributed by atoms with Crippen molar-refractivity contribution in [3.8, 4) is 0 Å². The van der Waals surface area contributed by atoms with Crippen LogP contribution >= 0.6 is 0 Å². The summed E-state index contributed by atoms with van der Waals surface area (Å²) >= 11 is 0. The van der Waals surface area contributed by atoms with Gasteiger partial charge in [0.1, 0.15) is 0 Å². The van der Waals surface area contributed by atoms with Crippen LogP contribution in [0.1, 0.15) is 13.3 Å². The maximum atomic E-state index is 10.4. The maximum Gasteiger partial charge on any atom is 0.225 e. The van der Waals surface area contributed by atoms with E-state index in [1.54, 1.807) is 6.92 Å². The Morgan fingerprint density at radius 3 is 2.50 bits per heavy atom. The molecule has 0 atom stereocenters. The first-order chi connectivity index (χ1) is 3.66. The molecule has 0 spiro atoms. The summed E-state index contributed by atoms with van der Waals surface area (Å²) in [5, 5.41) is 2.34. The Morgan fingerprint density at radius 1 is 1.88 bits per heavy atom. The van der Waals surface area contributed by atoms with E-state index in [9.17, 15) is 4.79 Å². The highest BCUT2D eigenvalue weighted by Crippen LogP contribution is 1.75. The Morgan fingerprint density at radius 2 is 2.38 bits per heavy atom. The summed E-state index contributed by atoms with van der Waals surface area (Å²) in [7, 11) is 0. The predicted octanol–water partition coefficient (Wildman–Crippen LogP) is -0.0575. The largest absolute Gasteiger partial charge is 0.386 e. The van der Waals surface area contributed by atoms with Crippen LogP contribution in [0.5, 0.6) is 0 Å². The molecule has 1 amide bonds. The fraction of sp³-hybridized carbons (Fsp3) is 0.400. The van der Waals surface area contributed by atoms with Crippen LogP contribution in [0.4, 0.5) is 0 Å². The minimum absolute atomic E-state index is 0.0995. The van der Waals surface area contributed by atoms with Crippen molar-refractivity contribution in [3.05, 3.63) is 12.4 Å². The lowest BCUT2D eigenvalue weighted by atomic mass is 10.4. The van der Waals surface area contributed by atoms with E-state index in [0.717, 1.165) is 0 Å². The lowest BCUT2D eigenvalue weighted by molar-refractivity contribution is -0.120. The number of nitrogens with two attached hydrogens (primary N) is 1. The fourth-order valence-corrected chi connectivity index (χ4v) is 0.267. The normalized spacial score (nSPS) is 8.12. The topological polar surface area (TPSA) is 55.1 Å². The van der Waals surface area contributed by atoms with Gasteiger partial charge in [-0.25, -0.2) is 0 Å². The van der Waals surface area contributed by atoms with Gasteiger partial charge in [0.15, 0.2) is 0 Å². The van der Waals surface area contributed by atoms with Crippen LogP contribution in [0.25, 0.3) is 0 Å². The molecular formula is C5H10N2O. The summed E-state index contributed by atoms with van der Waals surface area (Å²) in [6, 6.07) is 0. The Labute approximate surface area is 48.6 Å². The lowest BCUT2D eigenvalue weighted by Gasteiger charge is -1.97. The summed E-state index contributed by atoms with van der Waals surface area (Å²) in [5.41, 5.74) is 5.04. The van der Waals surface area contributed by atoms with E-state index in [1.807, 2.05) is 0 Å². The number of hydrogen-bond donors (Lipinski definition) is 2. The summed E-state index contributed by atoms with van der Waals surface area (Å²) in [4.78, 5) is 10.4. The maximum absolute atomic E-state index is 10.4. The van der Waals surface area contributed by atoms with Crippen molar-refractivity contribution in [2.45, 2.75) is 13.3 Å². The average Bonchev–Trinajstić information content (AvgIpc) is 1.65. The monoisotopic (exact) mass is 114 g/mol. The molecule has 0 unspecified atom stereocenters. The highest BCUT2D eigenvalue weighted by atomic mass is 16.1. The van der Waals surface area contributed by atoms with Crippen molar-refractivity contribution in [3.63, 3.8) is 0 Å². The van der Waals surface area contributed by atoms with Crippen LogP contribution in [-0.4, -0.2) is 5.91 Å². The van der Waals surface area contributed by atoms with Crippen LogP contribution < -0.4 is 11.1 Å². The van der Waals surface area contributed by atoms with E-state index < -0.39 is 0 Å². The first-order valence-electron chi connectivity index (χ1n) is 2.41. The Balaban J connectivity index is 3.40. The minimum atomic E-state index is -0.0995. The van der Waals surface area contributed by atoms with Crippen molar-refractivity contribution in [1.82, 2.24) is 5.32 Å². The second-order valence-electron chi connectivity index (χ2n) is 1.43. The molecule has 8 heavy (non-hydrogen) atoms. The number of carbonyl (C=O) groups excluding carboxylic acids is 1. The predicted molar refractivity (Wildman–Crippen MR) is 31.8 cm³/mol. The zero-order chi connectivity index (χ0) is 6.57. The molecule has 0 aromatic rings. The first kappa shape index (κ1) is 7.01. The van der Waals surface area contributed by atoms with Crippen LogP contribution in [-0.2, 0) is 4.79 Å². The number of hydrogen-bond acceptors (Lipinski definition) is 2. The van der Waals surface area contributed by atoms with Gasteiger partial charge in [-0.2, -0.15) is 0 Å². The number of amides is 1. The fourth-order valence-electron chi connectivity index (χ4n) is 0.267. The second-order valence-corrected chi connectivity index (χ2v) is 1.43. The number of rotatable bonds is 2. The van der Waals surface area contributed by atoms with Gasteiger partial charge in [0.25, 0.3) is 0 Å². The molecule has 0 aromatic heterocycles. The molecule has 0 saturated heterocycles. The van der Waals surface area contributed by atoms with Crippen molar-refractivity contribution >= 4 is 5.91 Å². The molecule has 0 heterocycles. The molecule has 0 aliphatic rings. The summed E-state index contributed by atoms with van der Waals surface area (Å²) < 4.78 is 0. The first-order valence-corrected chi connectivity index (χ1v) is 2.41. The lowest BCUT2D eigenvalue weighted by Crippen LogP contribution is -2.25. The third-order valence-corrected chi connectivity index (χ3v) is 0.621. The van der Waals surface area contributed by atoms with E-state index in [-0.39, 0.29) is 11.7 Å². The number of nitrogens with one attached hydrogen (secondary N) is 1. The van der Waals surface area contributed by atoms with E-state index in [1.165, 1.54) is 0 Å². The highest BCUT2D eigenvalue weighted by molar-refractivity contribution is 5.77. The molecular weight excluding hydrogens is 104 g/mol. The van der Waals surface area contributed by atoms with Gasteiger partial charge in [0, 0.05) is 6.42 Å². The minimum Gasteiger partial charge on any atom is -0.386 e. The summed E-state index contributed by atoms with van der Waals surface area (Å²) in [5.74, 6) is 0.106. The smallest absolute Gasteiger partial charge is 0.225 e. The molecule has 0 fully saturated rings. The van der Waals surface area contributed by atoms with E-state index in [0.29, 0.717) is 6.42 Å². The van der Waals surface area contributed by atoms with Crippen LogP contribution in [0.2, 0.25) is 0 Å². The molecule has 0 bridgehead atoms. The van der Waals surface area contributed by atoms with Crippen molar-refractivity contribution < 1.29 is 4.79 Å². The molecule has 0 aliphatic carbocycles.